The van der Waals surface area contributed by atoms with Gasteiger partial charge in [-0.05, 0) is 24.7 Å². The van der Waals surface area contributed by atoms with E-state index >= 15 is 0 Å². The van der Waals surface area contributed by atoms with Gasteiger partial charge in [0.05, 0.1) is 6.54 Å². The second-order valence-electron chi connectivity index (χ2n) is 6.01. The van der Waals surface area contributed by atoms with Crippen LogP contribution in [0.5, 0.6) is 0 Å². The van der Waals surface area contributed by atoms with E-state index in [0.717, 1.165) is 25.8 Å². The summed E-state index contributed by atoms with van der Waals surface area (Å²) in [6, 6.07) is 0. The first-order valence-electron chi connectivity index (χ1n) is 6.66. The molecule has 1 aliphatic rings. The Morgan fingerprint density at radius 3 is 2.65 bits per heavy atom. The van der Waals surface area contributed by atoms with Gasteiger partial charge in [0, 0.05) is 18.9 Å². The maximum Gasteiger partial charge on any atom is 0.222 e. The number of carbonyl (C=O) groups is 2. The van der Waals surface area contributed by atoms with Gasteiger partial charge in [0.2, 0.25) is 5.91 Å². The molecule has 1 heterocycles. The smallest absolute Gasteiger partial charge is 0.222 e. The molecule has 0 spiro atoms. The first-order valence-corrected chi connectivity index (χ1v) is 6.66. The number of carbonyl (C=O) groups excluding carboxylic acids is 2. The number of hydrogen-bond acceptors (Lipinski definition) is 2. The summed E-state index contributed by atoms with van der Waals surface area (Å²) < 4.78 is 0. The molecule has 1 unspecified atom stereocenters. The topological polar surface area (TPSA) is 37.4 Å². The van der Waals surface area contributed by atoms with Crippen LogP contribution in [-0.2, 0) is 9.59 Å². The minimum atomic E-state index is 0.0686. The third-order valence-electron chi connectivity index (χ3n) is 3.94. The minimum absolute atomic E-state index is 0.0686. The summed E-state index contributed by atoms with van der Waals surface area (Å²) in [4.78, 5) is 25.5. The normalized spacial score (nSPS) is 22.1. The van der Waals surface area contributed by atoms with Crippen molar-refractivity contribution in [2.45, 2.75) is 53.4 Å². The molecule has 0 aromatic heterocycles. The molecule has 1 fully saturated rings. The molecule has 0 aliphatic carbocycles. The number of ketones is 1. The summed E-state index contributed by atoms with van der Waals surface area (Å²) >= 11 is 0. The lowest BCUT2D eigenvalue weighted by Gasteiger charge is -2.23. The van der Waals surface area contributed by atoms with Gasteiger partial charge in [-0.25, -0.2) is 0 Å². The van der Waals surface area contributed by atoms with Crippen LogP contribution in [0.2, 0.25) is 0 Å². The molecule has 3 heteroatoms. The van der Waals surface area contributed by atoms with Crippen molar-refractivity contribution in [1.29, 1.82) is 0 Å². The zero-order valence-corrected chi connectivity index (χ0v) is 11.6. The molecule has 1 rings (SSSR count). The van der Waals surface area contributed by atoms with Crippen LogP contribution in [0.15, 0.2) is 0 Å². The SMILES string of the molecule is CCC(C)C(=O)CN1CCC(C)(C)CCC1=O. The molecule has 1 saturated heterocycles. The van der Waals surface area contributed by atoms with Gasteiger partial charge in [-0.1, -0.05) is 27.7 Å². The predicted octanol–water partition coefficient (Wildman–Crippen LogP) is 2.64. The Morgan fingerprint density at radius 1 is 1.41 bits per heavy atom. The highest BCUT2D eigenvalue weighted by atomic mass is 16.2. The van der Waals surface area contributed by atoms with Crippen molar-refractivity contribution >= 4 is 11.7 Å². The Labute approximate surface area is 105 Å². The van der Waals surface area contributed by atoms with Gasteiger partial charge in [0.15, 0.2) is 5.78 Å². The van der Waals surface area contributed by atoms with E-state index in [1.54, 1.807) is 4.90 Å². The van der Waals surface area contributed by atoms with Crippen LogP contribution in [-0.4, -0.2) is 29.7 Å². The van der Waals surface area contributed by atoms with Crippen LogP contribution in [0.3, 0.4) is 0 Å². The molecule has 0 saturated carbocycles. The van der Waals surface area contributed by atoms with Crippen LogP contribution >= 0.6 is 0 Å². The van der Waals surface area contributed by atoms with E-state index in [-0.39, 0.29) is 23.0 Å². The summed E-state index contributed by atoms with van der Waals surface area (Å²) in [6.07, 6.45) is 3.36. The molecular formula is C14H25NO2. The number of hydrogen-bond donors (Lipinski definition) is 0. The first kappa shape index (κ1) is 14.2. The Kier molecular flexibility index (Phi) is 4.72. The molecule has 17 heavy (non-hydrogen) atoms. The third-order valence-corrected chi connectivity index (χ3v) is 3.94. The molecule has 0 aromatic rings. The largest absolute Gasteiger partial charge is 0.335 e. The van der Waals surface area contributed by atoms with E-state index in [0.29, 0.717) is 13.0 Å². The summed E-state index contributed by atoms with van der Waals surface area (Å²) in [7, 11) is 0. The first-order chi connectivity index (χ1) is 7.85. The van der Waals surface area contributed by atoms with Gasteiger partial charge < -0.3 is 4.90 Å². The Hall–Kier alpha value is -0.860. The van der Waals surface area contributed by atoms with Crippen LogP contribution in [0, 0.1) is 11.3 Å². The average molecular weight is 239 g/mol. The van der Waals surface area contributed by atoms with E-state index in [9.17, 15) is 9.59 Å². The fraction of sp³-hybridized carbons (Fsp3) is 0.857. The maximum atomic E-state index is 11.9. The van der Waals surface area contributed by atoms with Gasteiger partial charge in [0.1, 0.15) is 0 Å². The van der Waals surface area contributed by atoms with E-state index in [1.807, 2.05) is 13.8 Å². The van der Waals surface area contributed by atoms with Crippen molar-refractivity contribution in [3.05, 3.63) is 0 Å². The number of likely N-dealkylation sites (tertiary alicyclic amines) is 1. The summed E-state index contributed by atoms with van der Waals surface area (Å²) in [5.74, 6) is 0.409. The standard InChI is InChI=1S/C14H25NO2/c1-5-11(2)12(16)10-15-9-8-14(3,4)7-6-13(15)17/h11H,5-10H2,1-4H3. The van der Waals surface area contributed by atoms with Crippen molar-refractivity contribution in [2.75, 3.05) is 13.1 Å². The predicted molar refractivity (Wildman–Crippen MR) is 68.7 cm³/mol. The second-order valence-corrected chi connectivity index (χ2v) is 6.01. The molecule has 1 atom stereocenters. The van der Waals surface area contributed by atoms with Gasteiger partial charge in [0.25, 0.3) is 0 Å². The highest BCUT2D eigenvalue weighted by Gasteiger charge is 2.28. The maximum absolute atomic E-state index is 11.9. The number of rotatable bonds is 4. The lowest BCUT2D eigenvalue weighted by Crippen LogP contribution is -2.37. The van der Waals surface area contributed by atoms with E-state index in [1.165, 1.54) is 0 Å². The zero-order valence-electron chi connectivity index (χ0n) is 11.6. The van der Waals surface area contributed by atoms with Crippen molar-refractivity contribution in [2.24, 2.45) is 11.3 Å². The van der Waals surface area contributed by atoms with Crippen molar-refractivity contribution in [3.63, 3.8) is 0 Å². The molecule has 1 amide bonds. The quantitative estimate of drug-likeness (QED) is 0.756. The molecular weight excluding hydrogens is 214 g/mol. The monoisotopic (exact) mass is 239 g/mol. The highest BCUT2D eigenvalue weighted by molar-refractivity contribution is 5.87. The number of amides is 1. The van der Waals surface area contributed by atoms with Crippen LogP contribution < -0.4 is 0 Å². The van der Waals surface area contributed by atoms with E-state index in [2.05, 4.69) is 13.8 Å². The van der Waals surface area contributed by atoms with Crippen molar-refractivity contribution in [3.8, 4) is 0 Å². The Morgan fingerprint density at radius 2 is 2.06 bits per heavy atom. The molecule has 98 valence electrons. The van der Waals surface area contributed by atoms with Crippen LogP contribution in [0.4, 0.5) is 0 Å². The average Bonchev–Trinajstić information content (AvgIpc) is 2.41. The molecule has 0 radical (unpaired) electrons. The third kappa shape index (κ3) is 4.14. The van der Waals surface area contributed by atoms with E-state index in [4.69, 9.17) is 0 Å². The van der Waals surface area contributed by atoms with Crippen LogP contribution in [0.25, 0.3) is 0 Å². The lowest BCUT2D eigenvalue weighted by atomic mass is 9.85. The summed E-state index contributed by atoms with van der Waals surface area (Å²) in [6.45, 7) is 9.38. The van der Waals surface area contributed by atoms with Crippen molar-refractivity contribution < 1.29 is 9.59 Å². The zero-order chi connectivity index (χ0) is 13.1. The minimum Gasteiger partial charge on any atom is -0.335 e. The summed E-state index contributed by atoms with van der Waals surface area (Å²) in [5, 5.41) is 0. The molecule has 0 aromatic carbocycles. The highest BCUT2D eigenvalue weighted by Crippen LogP contribution is 2.30. The number of nitrogens with zero attached hydrogens (tertiary/aromatic N) is 1. The van der Waals surface area contributed by atoms with Gasteiger partial charge in [-0.2, -0.15) is 0 Å². The van der Waals surface area contributed by atoms with Crippen LogP contribution in [0.1, 0.15) is 53.4 Å². The molecule has 3 nitrogen and oxygen atoms in total. The van der Waals surface area contributed by atoms with Gasteiger partial charge in [-0.3, -0.25) is 9.59 Å². The molecule has 1 aliphatic heterocycles. The molecule has 0 bridgehead atoms. The Bertz CT molecular complexity index is 297. The molecule has 0 N–H and O–H groups in total. The second kappa shape index (κ2) is 5.65. The fourth-order valence-electron chi connectivity index (χ4n) is 2.03. The van der Waals surface area contributed by atoms with Crippen molar-refractivity contribution in [1.82, 2.24) is 4.90 Å². The van der Waals surface area contributed by atoms with E-state index < -0.39 is 0 Å². The number of Topliss-reactive ketones (excluding diaryl/α,β-unsaturated/α-hetero) is 1. The Balaban J connectivity index is 2.59. The lowest BCUT2D eigenvalue weighted by molar-refractivity contribution is -0.136. The van der Waals surface area contributed by atoms with Gasteiger partial charge in [-0.15, -0.1) is 0 Å². The fourth-order valence-corrected chi connectivity index (χ4v) is 2.03. The summed E-state index contributed by atoms with van der Waals surface area (Å²) in [5.41, 5.74) is 0.226. The van der Waals surface area contributed by atoms with Gasteiger partial charge >= 0.3 is 0 Å².